The minimum absolute atomic E-state index is 0.0370. The molecule has 9 aromatic rings. The van der Waals surface area contributed by atoms with Gasteiger partial charge in [0.1, 0.15) is 0 Å². The number of fused-ring (bicyclic) bond motifs is 9. The second-order valence-corrected chi connectivity index (χ2v) is 11.0. The largest absolute Gasteiger partial charge is 0.0629 e. The van der Waals surface area contributed by atoms with Gasteiger partial charge < -0.3 is 0 Å². The third kappa shape index (κ3) is 3.49. The molecule has 194 valence electrons. The second kappa shape index (κ2) is 9.03. The molecular weight excluding hydrogens is 504 g/mol. The van der Waals surface area contributed by atoms with Crippen LogP contribution in [0.5, 0.6) is 0 Å². The topological polar surface area (TPSA) is 0 Å². The van der Waals surface area contributed by atoms with Gasteiger partial charge in [0, 0.05) is 0 Å². The molecule has 0 N–H and O–H groups in total. The van der Waals surface area contributed by atoms with Crippen LogP contribution >= 0.6 is 0 Å². The van der Waals surface area contributed by atoms with Gasteiger partial charge in [-0.3, -0.25) is 0 Å². The average Bonchev–Trinajstić information content (AvgIpc) is 3.10. The van der Waals surface area contributed by atoms with Crippen LogP contribution in [0.25, 0.3) is 86.9 Å². The summed E-state index contributed by atoms with van der Waals surface area (Å²) in [6.45, 7) is 0. The van der Waals surface area contributed by atoms with Gasteiger partial charge in [-0.15, -0.1) is 0 Å². The van der Waals surface area contributed by atoms with Gasteiger partial charge in [0.05, 0.1) is 5.48 Å². The quantitative estimate of drug-likeness (QED) is 0.153. The molecule has 0 aliphatic rings. The van der Waals surface area contributed by atoms with E-state index in [1.54, 1.807) is 0 Å². The molecule has 0 heterocycles. The van der Waals surface area contributed by atoms with Crippen molar-refractivity contribution in [1.29, 1.82) is 0 Å². The molecule has 42 heavy (non-hydrogen) atoms. The Morgan fingerprint density at radius 1 is 0.310 bits per heavy atom. The van der Waals surface area contributed by atoms with E-state index in [-0.39, 0.29) is 24.2 Å². The minimum Gasteiger partial charge on any atom is -0.0616 e. The van der Waals surface area contributed by atoms with Crippen molar-refractivity contribution >= 4 is 64.6 Å². The van der Waals surface area contributed by atoms with Crippen LogP contribution in [0.4, 0.5) is 0 Å². The molecule has 0 amide bonds. The van der Waals surface area contributed by atoms with Gasteiger partial charge in [-0.1, -0.05) is 139 Å². The number of benzene rings is 9. The first-order valence-electron chi connectivity index (χ1n) is 16.3. The lowest BCUT2D eigenvalue weighted by molar-refractivity contribution is 1.64. The highest BCUT2D eigenvalue weighted by molar-refractivity contribution is 6.23. The van der Waals surface area contributed by atoms with Crippen LogP contribution in [0.1, 0.15) is 5.48 Å². The molecule has 0 radical (unpaired) electrons. The molecule has 0 unspecified atom stereocenters. The Bertz CT molecular complexity index is 2710. The first-order valence-corrected chi connectivity index (χ1v) is 14.3. The van der Waals surface area contributed by atoms with Crippen molar-refractivity contribution in [3.8, 4) is 22.3 Å². The molecule has 0 heteroatoms. The maximum atomic E-state index is 9.31. The Morgan fingerprint density at radius 2 is 0.833 bits per heavy atom. The molecule has 0 aliphatic heterocycles. The third-order valence-corrected chi connectivity index (χ3v) is 8.66. The average molecular weight is 535 g/mol. The lowest BCUT2D eigenvalue weighted by Gasteiger charge is -2.14. The normalized spacial score (nSPS) is 13.1. The SMILES string of the molecule is [2H]c1c([2H])c(-c2cc3ccc4ccccc4c3c3ccccc23)c([2H])c([2H])c1-c1cccc2cc3c(ccc4ccccc43)cc12. The zero-order chi connectivity index (χ0) is 31.1. The van der Waals surface area contributed by atoms with Gasteiger partial charge in [0.2, 0.25) is 0 Å². The predicted molar refractivity (Wildman–Crippen MR) is 182 cm³/mol. The van der Waals surface area contributed by atoms with Crippen LogP contribution in [0, 0.1) is 0 Å². The van der Waals surface area contributed by atoms with Crippen LogP contribution in [-0.2, 0) is 0 Å². The molecule has 0 bridgehead atoms. The highest BCUT2D eigenvalue weighted by atomic mass is 14.2. The zero-order valence-electron chi connectivity index (χ0n) is 26.7. The van der Waals surface area contributed by atoms with Crippen molar-refractivity contribution in [2.45, 2.75) is 0 Å². The van der Waals surface area contributed by atoms with Crippen molar-refractivity contribution in [3.63, 3.8) is 0 Å². The van der Waals surface area contributed by atoms with Gasteiger partial charge in [0.15, 0.2) is 0 Å². The molecule has 9 rings (SSSR count). The highest BCUT2D eigenvalue weighted by Gasteiger charge is 2.12. The molecular formula is C42H26. The summed E-state index contributed by atoms with van der Waals surface area (Å²) in [6.07, 6.45) is 0. The van der Waals surface area contributed by atoms with Crippen LogP contribution in [0.2, 0.25) is 0 Å². The minimum atomic E-state index is -0.0372. The predicted octanol–water partition coefficient (Wildman–Crippen LogP) is 11.9. The summed E-state index contributed by atoms with van der Waals surface area (Å²) >= 11 is 0. The summed E-state index contributed by atoms with van der Waals surface area (Å²) in [7, 11) is 0. The van der Waals surface area contributed by atoms with Crippen LogP contribution in [0.3, 0.4) is 0 Å². The molecule has 0 saturated heterocycles. The number of hydrogen-bond donors (Lipinski definition) is 0. The summed E-state index contributed by atoms with van der Waals surface area (Å²) in [4.78, 5) is 0. The van der Waals surface area contributed by atoms with E-state index >= 15 is 0 Å². The van der Waals surface area contributed by atoms with Crippen molar-refractivity contribution in [2.24, 2.45) is 0 Å². The van der Waals surface area contributed by atoms with Gasteiger partial charge in [-0.25, -0.2) is 0 Å². The number of hydrogen-bond acceptors (Lipinski definition) is 0. The molecule has 0 spiro atoms. The zero-order valence-corrected chi connectivity index (χ0v) is 22.7. The van der Waals surface area contributed by atoms with Gasteiger partial charge in [0.25, 0.3) is 0 Å². The standard InChI is InChI=1S/C42H26/c1-3-11-34-27(8-1)20-22-32-25-40-31(24-41(32)34)10-7-15-35(40)29-16-18-30(19-17-29)39-26-33-23-21-28-9-2-4-12-36(28)42(33)38-14-6-5-13-37(38)39/h1-26H/i16D,17D,18D,19D. The monoisotopic (exact) mass is 534 g/mol. The molecule has 0 aromatic heterocycles. The van der Waals surface area contributed by atoms with E-state index in [2.05, 4.69) is 78.9 Å². The fourth-order valence-electron chi connectivity index (χ4n) is 6.67. The molecule has 0 nitrogen and oxygen atoms in total. The Labute approximate surface area is 249 Å². The van der Waals surface area contributed by atoms with E-state index in [1.807, 2.05) is 54.6 Å². The van der Waals surface area contributed by atoms with E-state index in [1.165, 1.54) is 10.8 Å². The van der Waals surface area contributed by atoms with Gasteiger partial charge in [-0.2, -0.15) is 0 Å². The van der Waals surface area contributed by atoms with Gasteiger partial charge in [-0.05, 0) is 105 Å². The first-order chi connectivity index (χ1) is 22.5. The molecule has 0 atom stereocenters. The van der Waals surface area contributed by atoms with Gasteiger partial charge >= 0.3 is 0 Å². The van der Waals surface area contributed by atoms with E-state index in [4.69, 9.17) is 0 Å². The van der Waals surface area contributed by atoms with Crippen LogP contribution in [-0.4, -0.2) is 0 Å². The Hall–Kier alpha value is -5.46. The van der Waals surface area contributed by atoms with E-state index in [0.717, 1.165) is 53.9 Å². The molecule has 0 saturated carbocycles. The van der Waals surface area contributed by atoms with E-state index < -0.39 is 0 Å². The summed E-state index contributed by atoms with van der Waals surface area (Å²) in [5, 5.41) is 12.8. The fraction of sp³-hybridized carbons (Fsp3) is 0. The molecule has 0 aliphatic carbocycles. The maximum absolute atomic E-state index is 9.31. The number of rotatable bonds is 2. The summed E-state index contributed by atoms with van der Waals surface area (Å²) < 4.78 is 37.2. The van der Waals surface area contributed by atoms with E-state index in [0.29, 0.717) is 22.3 Å². The summed E-state index contributed by atoms with van der Waals surface area (Å²) in [5.41, 5.74) is 2.05. The Balaban J connectivity index is 1.31. The summed E-state index contributed by atoms with van der Waals surface area (Å²) in [5.74, 6) is 0. The lowest BCUT2D eigenvalue weighted by atomic mass is 9.89. The van der Waals surface area contributed by atoms with Crippen molar-refractivity contribution in [2.75, 3.05) is 0 Å². The lowest BCUT2D eigenvalue weighted by Crippen LogP contribution is -1.87. The fourth-order valence-corrected chi connectivity index (χ4v) is 6.67. The van der Waals surface area contributed by atoms with Crippen molar-refractivity contribution < 1.29 is 5.48 Å². The van der Waals surface area contributed by atoms with Crippen LogP contribution < -0.4 is 0 Å². The van der Waals surface area contributed by atoms with Crippen molar-refractivity contribution in [1.82, 2.24) is 0 Å². The first kappa shape index (κ1) is 19.6. The Kier molecular flexibility index (Phi) is 4.21. The smallest absolute Gasteiger partial charge is 0.0616 e. The highest BCUT2D eigenvalue weighted by Crippen LogP contribution is 2.40. The van der Waals surface area contributed by atoms with Crippen molar-refractivity contribution in [3.05, 3.63) is 158 Å². The molecule has 0 fully saturated rings. The third-order valence-electron chi connectivity index (χ3n) is 8.66. The Morgan fingerprint density at radius 3 is 1.62 bits per heavy atom. The summed E-state index contributed by atoms with van der Waals surface area (Å²) in [6, 6.07) is 45.2. The maximum Gasteiger partial charge on any atom is 0.0629 e. The molecule has 9 aromatic carbocycles. The van der Waals surface area contributed by atoms with E-state index in [9.17, 15) is 5.48 Å². The second-order valence-electron chi connectivity index (χ2n) is 11.0. The van der Waals surface area contributed by atoms with Crippen LogP contribution in [0.15, 0.2) is 158 Å².